The number of nitrogens with zero attached hydrogens (tertiary/aromatic N) is 1. The van der Waals surface area contributed by atoms with Crippen molar-refractivity contribution in [3.05, 3.63) is 29.3 Å². The molecule has 1 fully saturated rings. The van der Waals surface area contributed by atoms with Crippen LogP contribution in [0.2, 0.25) is 0 Å². The fourth-order valence-electron chi connectivity index (χ4n) is 2.89. The molecule has 0 aromatic heterocycles. The summed E-state index contributed by atoms with van der Waals surface area (Å²) in [6.45, 7) is 5.16. The summed E-state index contributed by atoms with van der Waals surface area (Å²) in [5.74, 6) is 0.621. The number of nitrogens with two attached hydrogens (primary N) is 1. The molecule has 3 heteroatoms. The zero-order valence-electron chi connectivity index (χ0n) is 11.2. The van der Waals surface area contributed by atoms with Crippen molar-refractivity contribution in [2.45, 2.75) is 32.7 Å². The molecule has 100 valence electrons. The normalized spacial score (nSPS) is 20.2. The van der Waals surface area contributed by atoms with E-state index in [9.17, 15) is 0 Å². The van der Waals surface area contributed by atoms with E-state index in [4.69, 9.17) is 10.8 Å². The summed E-state index contributed by atoms with van der Waals surface area (Å²) in [6, 6.07) is 6.54. The topological polar surface area (TPSA) is 49.5 Å². The van der Waals surface area contributed by atoms with Crippen LogP contribution in [-0.4, -0.2) is 24.8 Å². The van der Waals surface area contributed by atoms with E-state index in [1.807, 2.05) is 0 Å². The zero-order chi connectivity index (χ0) is 13.0. The molecule has 1 heterocycles. The predicted octanol–water partition coefficient (Wildman–Crippen LogP) is 2.05. The van der Waals surface area contributed by atoms with Gasteiger partial charge in [-0.05, 0) is 43.7 Å². The molecule has 1 aliphatic heterocycles. The molecular formula is C15H24N2O. The van der Waals surface area contributed by atoms with E-state index in [0.29, 0.717) is 19.1 Å². The molecule has 1 aliphatic rings. The molecule has 0 radical (unpaired) electrons. The number of piperidine rings is 1. The van der Waals surface area contributed by atoms with Gasteiger partial charge in [-0.25, -0.2) is 0 Å². The lowest BCUT2D eigenvalue weighted by Crippen LogP contribution is -2.36. The Hall–Kier alpha value is -1.06. The minimum Gasteiger partial charge on any atom is -0.396 e. The molecule has 3 nitrogen and oxygen atoms in total. The van der Waals surface area contributed by atoms with Gasteiger partial charge in [0.25, 0.3) is 0 Å². The minimum absolute atomic E-state index is 0.302. The average molecular weight is 248 g/mol. The highest BCUT2D eigenvalue weighted by molar-refractivity contribution is 5.55. The first-order valence-electron chi connectivity index (χ1n) is 6.90. The molecule has 1 unspecified atom stereocenters. The first-order valence-corrected chi connectivity index (χ1v) is 6.90. The standard InChI is InChI=1S/C15H24N2O/c1-12-4-5-15(14(9-12)10-16)17-7-2-3-13(11-17)6-8-18/h4-5,9,13,18H,2-3,6-8,10-11,16H2,1H3. The molecule has 0 saturated carbocycles. The van der Waals surface area contributed by atoms with Gasteiger partial charge in [-0.15, -0.1) is 0 Å². The van der Waals surface area contributed by atoms with Gasteiger partial charge < -0.3 is 15.7 Å². The van der Waals surface area contributed by atoms with Crippen molar-refractivity contribution in [2.75, 3.05) is 24.6 Å². The molecule has 0 spiro atoms. The van der Waals surface area contributed by atoms with Gasteiger partial charge in [-0.2, -0.15) is 0 Å². The maximum absolute atomic E-state index is 9.07. The van der Waals surface area contributed by atoms with Gasteiger partial charge in [-0.3, -0.25) is 0 Å². The Bertz CT molecular complexity index is 390. The average Bonchev–Trinajstić information content (AvgIpc) is 2.39. The summed E-state index contributed by atoms with van der Waals surface area (Å²) in [5.41, 5.74) is 9.64. The van der Waals surface area contributed by atoms with Crippen molar-refractivity contribution < 1.29 is 5.11 Å². The van der Waals surface area contributed by atoms with Gasteiger partial charge in [-0.1, -0.05) is 17.7 Å². The number of hydrogen-bond donors (Lipinski definition) is 2. The maximum Gasteiger partial charge on any atom is 0.0434 e. The molecule has 0 amide bonds. The number of hydrogen-bond acceptors (Lipinski definition) is 3. The second-order valence-corrected chi connectivity index (χ2v) is 5.30. The Kier molecular flexibility index (Phi) is 4.61. The number of rotatable bonds is 4. The van der Waals surface area contributed by atoms with Crippen LogP contribution in [0.4, 0.5) is 5.69 Å². The quantitative estimate of drug-likeness (QED) is 0.857. The highest BCUT2D eigenvalue weighted by atomic mass is 16.3. The van der Waals surface area contributed by atoms with Crippen LogP contribution in [0.3, 0.4) is 0 Å². The molecule has 18 heavy (non-hydrogen) atoms. The second kappa shape index (κ2) is 6.21. The third-order valence-electron chi connectivity index (χ3n) is 3.85. The van der Waals surface area contributed by atoms with Gasteiger partial charge in [0.15, 0.2) is 0 Å². The van der Waals surface area contributed by atoms with Crippen LogP contribution < -0.4 is 10.6 Å². The van der Waals surface area contributed by atoms with Gasteiger partial charge in [0.1, 0.15) is 0 Å². The summed E-state index contributed by atoms with van der Waals surface area (Å²) in [4.78, 5) is 2.44. The Labute approximate surface area is 110 Å². The summed E-state index contributed by atoms with van der Waals surface area (Å²) in [7, 11) is 0. The maximum atomic E-state index is 9.07. The van der Waals surface area contributed by atoms with Gasteiger partial charge in [0.05, 0.1) is 0 Å². The number of aryl methyl sites for hydroxylation is 1. The van der Waals surface area contributed by atoms with E-state index >= 15 is 0 Å². The van der Waals surface area contributed by atoms with E-state index in [2.05, 4.69) is 30.0 Å². The molecular weight excluding hydrogens is 224 g/mol. The Balaban J connectivity index is 2.15. The van der Waals surface area contributed by atoms with Crippen LogP contribution in [0.15, 0.2) is 18.2 Å². The lowest BCUT2D eigenvalue weighted by molar-refractivity contribution is 0.244. The van der Waals surface area contributed by atoms with Gasteiger partial charge >= 0.3 is 0 Å². The largest absolute Gasteiger partial charge is 0.396 e. The number of aliphatic hydroxyl groups excluding tert-OH is 1. The fraction of sp³-hybridized carbons (Fsp3) is 0.600. The van der Waals surface area contributed by atoms with Crippen LogP contribution in [0, 0.1) is 12.8 Å². The van der Waals surface area contributed by atoms with E-state index in [-0.39, 0.29) is 0 Å². The molecule has 1 saturated heterocycles. The van der Waals surface area contributed by atoms with Crippen molar-refractivity contribution in [1.82, 2.24) is 0 Å². The molecule has 0 bridgehead atoms. The minimum atomic E-state index is 0.302. The van der Waals surface area contributed by atoms with Crippen LogP contribution >= 0.6 is 0 Å². The highest BCUT2D eigenvalue weighted by Crippen LogP contribution is 2.28. The Morgan fingerprint density at radius 2 is 2.28 bits per heavy atom. The number of anilines is 1. The van der Waals surface area contributed by atoms with Crippen molar-refractivity contribution in [1.29, 1.82) is 0 Å². The van der Waals surface area contributed by atoms with E-state index in [1.54, 1.807) is 0 Å². The van der Waals surface area contributed by atoms with Crippen LogP contribution in [-0.2, 0) is 6.54 Å². The summed E-state index contributed by atoms with van der Waals surface area (Å²) in [6.07, 6.45) is 3.36. The van der Waals surface area contributed by atoms with Crippen LogP contribution in [0.5, 0.6) is 0 Å². The third-order valence-corrected chi connectivity index (χ3v) is 3.85. The lowest BCUT2D eigenvalue weighted by atomic mass is 9.94. The molecule has 3 N–H and O–H groups in total. The van der Waals surface area contributed by atoms with Gasteiger partial charge in [0, 0.05) is 31.9 Å². The molecule has 0 aliphatic carbocycles. The lowest BCUT2D eigenvalue weighted by Gasteiger charge is -2.35. The predicted molar refractivity (Wildman–Crippen MR) is 75.7 cm³/mol. The van der Waals surface area contributed by atoms with Crippen LogP contribution in [0.1, 0.15) is 30.4 Å². The molecule has 1 aromatic carbocycles. The molecule has 2 rings (SSSR count). The first-order chi connectivity index (χ1) is 8.74. The monoisotopic (exact) mass is 248 g/mol. The fourth-order valence-corrected chi connectivity index (χ4v) is 2.89. The number of aliphatic hydroxyl groups is 1. The van der Waals surface area contributed by atoms with Crippen molar-refractivity contribution in [3.63, 3.8) is 0 Å². The molecule has 1 atom stereocenters. The molecule has 1 aromatic rings. The van der Waals surface area contributed by atoms with Crippen molar-refractivity contribution in [3.8, 4) is 0 Å². The van der Waals surface area contributed by atoms with Gasteiger partial charge in [0.2, 0.25) is 0 Å². The van der Waals surface area contributed by atoms with Crippen molar-refractivity contribution in [2.24, 2.45) is 11.7 Å². The first kappa shape index (κ1) is 13.4. The summed E-state index contributed by atoms with van der Waals surface area (Å²) < 4.78 is 0. The van der Waals surface area contributed by atoms with E-state index in [1.165, 1.54) is 29.7 Å². The number of benzene rings is 1. The Morgan fingerprint density at radius 3 is 3.00 bits per heavy atom. The summed E-state index contributed by atoms with van der Waals surface area (Å²) in [5, 5.41) is 9.07. The smallest absolute Gasteiger partial charge is 0.0434 e. The highest BCUT2D eigenvalue weighted by Gasteiger charge is 2.21. The van der Waals surface area contributed by atoms with E-state index in [0.717, 1.165) is 19.5 Å². The summed E-state index contributed by atoms with van der Waals surface area (Å²) >= 11 is 0. The second-order valence-electron chi connectivity index (χ2n) is 5.30. The van der Waals surface area contributed by atoms with Crippen molar-refractivity contribution >= 4 is 5.69 Å². The third kappa shape index (κ3) is 3.03. The van der Waals surface area contributed by atoms with Crippen LogP contribution in [0.25, 0.3) is 0 Å². The zero-order valence-corrected chi connectivity index (χ0v) is 11.2. The SMILES string of the molecule is Cc1ccc(N2CCCC(CCO)C2)c(CN)c1. The Morgan fingerprint density at radius 1 is 1.44 bits per heavy atom. The van der Waals surface area contributed by atoms with E-state index < -0.39 is 0 Å².